The van der Waals surface area contributed by atoms with Gasteiger partial charge in [-0.2, -0.15) is 0 Å². The van der Waals surface area contributed by atoms with E-state index in [4.69, 9.17) is 0 Å². The molecule has 8 atom stereocenters. The Kier molecular flexibility index (Phi) is 3.81. The molecule has 0 bridgehead atoms. The minimum absolute atomic E-state index is 0.0877. The van der Waals surface area contributed by atoms with Crippen LogP contribution in [-0.4, -0.2) is 17.0 Å². The molecule has 0 aromatic rings. The smallest absolute Gasteiger partial charge is 0.133 e. The fraction of sp³-hybridized carbons (Fsp3) is 0.864. The number of rotatable bonds is 1. The monoisotopic (exact) mass is 330 g/mol. The number of aliphatic hydroxyl groups is 1. The molecule has 4 aliphatic carbocycles. The molecule has 4 saturated carbocycles. The normalized spacial score (nSPS) is 53.9. The Morgan fingerprint density at radius 2 is 1.88 bits per heavy atom. The van der Waals surface area contributed by atoms with Crippen LogP contribution in [0.4, 0.5) is 0 Å². The third-order valence-corrected chi connectivity index (χ3v) is 8.96. The van der Waals surface area contributed by atoms with Crippen molar-refractivity contribution in [1.29, 1.82) is 0 Å². The van der Waals surface area contributed by atoms with Crippen LogP contribution in [0.15, 0.2) is 12.2 Å². The van der Waals surface area contributed by atoms with E-state index in [0.717, 1.165) is 38.0 Å². The molecule has 0 aliphatic heterocycles. The van der Waals surface area contributed by atoms with E-state index in [-0.39, 0.29) is 17.4 Å². The summed E-state index contributed by atoms with van der Waals surface area (Å²) in [5.74, 6) is 3.34. The average Bonchev–Trinajstić information content (AvgIpc) is 2.84. The summed E-state index contributed by atoms with van der Waals surface area (Å²) in [4.78, 5) is 12.2. The molecule has 134 valence electrons. The van der Waals surface area contributed by atoms with Gasteiger partial charge in [-0.05, 0) is 92.8 Å². The Morgan fingerprint density at radius 1 is 1.12 bits per heavy atom. The summed E-state index contributed by atoms with van der Waals surface area (Å²) in [5, 5.41) is 10.2. The fourth-order valence-electron chi connectivity index (χ4n) is 7.99. The van der Waals surface area contributed by atoms with E-state index in [0.29, 0.717) is 29.0 Å². The maximum Gasteiger partial charge on any atom is 0.133 e. The fourth-order valence-corrected chi connectivity index (χ4v) is 7.99. The summed E-state index contributed by atoms with van der Waals surface area (Å²) in [6.45, 7) is 11.3. The molecule has 2 heteroatoms. The van der Waals surface area contributed by atoms with E-state index in [1.165, 1.54) is 24.8 Å². The molecule has 4 rings (SSSR count). The minimum Gasteiger partial charge on any atom is -0.393 e. The van der Waals surface area contributed by atoms with Gasteiger partial charge in [0.25, 0.3) is 0 Å². The van der Waals surface area contributed by atoms with Crippen LogP contribution in [0.25, 0.3) is 0 Å². The third kappa shape index (κ3) is 2.14. The van der Waals surface area contributed by atoms with E-state index >= 15 is 0 Å². The number of hydrogen-bond acceptors (Lipinski definition) is 2. The van der Waals surface area contributed by atoms with Gasteiger partial charge in [0, 0.05) is 5.92 Å². The Labute approximate surface area is 147 Å². The van der Waals surface area contributed by atoms with Crippen molar-refractivity contribution in [2.24, 2.45) is 40.4 Å². The van der Waals surface area contributed by atoms with Crippen LogP contribution in [0.2, 0.25) is 0 Å². The summed E-state index contributed by atoms with van der Waals surface area (Å²) < 4.78 is 0. The van der Waals surface area contributed by atoms with Crippen LogP contribution in [0.1, 0.15) is 72.1 Å². The highest BCUT2D eigenvalue weighted by Gasteiger charge is 2.61. The maximum absolute atomic E-state index is 12.2. The molecule has 1 N–H and O–H groups in total. The van der Waals surface area contributed by atoms with Crippen LogP contribution >= 0.6 is 0 Å². The Morgan fingerprint density at radius 3 is 2.58 bits per heavy atom. The van der Waals surface area contributed by atoms with Gasteiger partial charge in [0.15, 0.2) is 0 Å². The first-order valence-corrected chi connectivity index (χ1v) is 10.1. The molecule has 0 heterocycles. The average molecular weight is 331 g/mol. The highest BCUT2D eigenvalue weighted by molar-refractivity contribution is 5.79. The number of carbonyl (C=O) groups is 1. The molecular formula is C22H34O2. The van der Waals surface area contributed by atoms with Crippen molar-refractivity contribution in [1.82, 2.24) is 0 Å². The van der Waals surface area contributed by atoms with Crippen molar-refractivity contribution in [3.63, 3.8) is 0 Å². The Balaban J connectivity index is 1.68. The van der Waals surface area contributed by atoms with Crippen LogP contribution in [-0.2, 0) is 4.79 Å². The van der Waals surface area contributed by atoms with Gasteiger partial charge in [0.05, 0.1) is 6.10 Å². The topological polar surface area (TPSA) is 37.3 Å². The van der Waals surface area contributed by atoms with Crippen molar-refractivity contribution >= 4 is 5.78 Å². The Hall–Kier alpha value is -0.630. The summed E-state index contributed by atoms with van der Waals surface area (Å²) in [6, 6.07) is 0. The molecule has 0 spiro atoms. The number of hydrogen-bond donors (Lipinski definition) is 1. The first-order chi connectivity index (χ1) is 11.3. The van der Waals surface area contributed by atoms with Gasteiger partial charge in [-0.1, -0.05) is 26.0 Å². The van der Waals surface area contributed by atoms with Gasteiger partial charge < -0.3 is 5.11 Å². The highest BCUT2D eigenvalue weighted by Crippen LogP contribution is 2.68. The van der Waals surface area contributed by atoms with E-state index in [1.54, 1.807) is 6.92 Å². The van der Waals surface area contributed by atoms with Crippen LogP contribution in [0.3, 0.4) is 0 Å². The maximum atomic E-state index is 12.2. The first kappa shape index (κ1) is 16.8. The van der Waals surface area contributed by atoms with Gasteiger partial charge in [0.1, 0.15) is 5.78 Å². The second-order valence-corrected chi connectivity index (χ2v) is 10.0. The van der Waals surface area contributed by atoms with E-state index in [9.17, 15) is 9.90 Å². The van der Waals surface area contributed by atoms with Crippen molar-refractivity contribution in [3.8, 4) is 0 Å². The summed E-state index contributed by atoms with van der Waals surface area (Å²) >= 11 is 0. The SMILES string of the molecule is C=C1C[C@]2(C)[C@@H](C(C)=O)CC[C@H]2[C@@H]2CC[C@@H]3C[C@H](O)CC[C@]3(C)[C@@H]12. The van der Waals surface area contributed by atoms with Crippen molar-refractivity contribution in [2.75, 3.05) is 0 Å². The molecule has 2 nitrogen and oxygen atoms in total. The predicted octanol–water partition coefficient (Wildman–Crippen LogP) is 4.76. The molecule has 0 radical (unpaired) electrons. The van der Waals surface area contributed by atoms with Gasteiger partial charge in [-0.25, -0.2) is 0 Å². The summed E-state index contributed by atoms with van der Waals surface area (Å²) in [6.07, 6.45) is 8.93. The molecule has 0 unspecified atom stereocenters. The predicted molar refractivity (Wildman–Crippen MR) is 96.4 cm³/mol. The lowest BCUT2D eigenvalue weighted by atomic mass is 9.43. The summed E-state index contributed by atoms with van der Waals surface area (Å²) in [7, 11) is 0. The largest absolute Gasteiger partial charge is 0.393 e. The van der Waals surface area contributed by atoms with Gasteiger partial charge in [-0.15, -0.1) is 0 Å². The lowest BCUT2D eigenvalue weighted by Gasteiger charge is -2.61. The van der Waals surface area contributed by atoms with E-state index < -0.39 is 0 Å². The van der Waals surface area contributed by atoms with E-state index in [1.807, 2.05) is 0 Å². The zero-order valence-electron chi connectivity index (χ0n) is 15.7. The molecule has 0 aromatic heterocycles. The Bertz CT molecular complexity index is 566. The molecular weight excluding hydrogens is 296 g/mol. The van der Waals surface area contributed by atoms with E-state index in [2.05, 4.69) is 20.4 Å². The molecule has 0 saturated heterocycles. The molecule has 0 amide bonds. The molecule has 0 aromatic carbocycles. The number of ketones is 1. The lowest BCUT2D eigenvalue weighted by molar-refractivity contribution is -0.129. The quantitative estimate of drug-likeness (QED) is 0.704. The van der Waals surface area contributed by atoms with Crippen LogP contribution < -0.4 is 0 Å². The minimum atomic E-state index is -0.0877. The van der Waals surface area contributed by atoms with Crippen molar-refractivity contribution < 1.29 is 9.90 Å². The van der Waals surface area contributed by atoms with Crippen LogP contribution in [0.5, 0.6) is 0 Å². The highest BCUT2D eigenvalue weighted by atomic mass is 16.3. The number of aliphatic hydroxyl groups excluding tert-OH is 1. The third-order valence-electron chi connectivity index (χ3n) is 8.96. The standard InChI is InChI=1S/C22H34O2/c1-13-12-22(4)18(14(2)23)7-8-19(22)17-6-5-15-11-16(24)9-10-21(15,3)20(13)17/h15-20,24H,1,5-12H2,2-4H3/t15-,16-,17+,18-,19+,20+,21+,22-/m1/s1. The zero-order valence-corrected chi connectivity index (χ0v) is 15.7. The van der Waals surface area contributed by atoms with Crippen LogP contribution in [0, 0.1) is 40.4 Å². The molecule has 4 fully saturated rings. The first-order valence-electron chi connectivity index (χ1n) is 10.1. The number of carbonyl (C=O) groups excluding carboxylic acids is 1. The van der Waals surface area contributed by atoms with Gasteiger partial charge >= 0.3 is 0 Å². The number of allylic oxidation sites excluding steroid dienone is 1. The number of fused-ring (bicyclic) bond motifs is 5. The molecule has 4 aliphatic rings. The van der Waals surface area contributed by atoms with Crippen molar-refractivity contribution in [2.45, 2.75) is 78.2 Å². The zero-order chi connectivity index (χ0) is 17.3. The second-order valence-electron chi connectivity index (χ2n) is 10.0. The number of Topliss-reactive ketones (excluding diaryl/α,β-unsaturated/α-hetero) is 1. The van der Waals surface area contributed by atoms with Crippen molar-refractivity contribution in [3.05, 3.63) is 12.2 Å². The second kappa shape index (κ2) is 5.43. The van der Waals surface area contributed by atoms with Gasteiger partial charge in [0.2, 0.25) is 0 Å². The lowest BCUT2D eigenvalue weighted by Crippen LogP contribution is -2.55. The molecule has 24 heavy (non-hydrogen) atoms. The van der Waals surface area contributed by atoms with Gasteiger partial charge in [-0.3, -0.25) is 4.79 Å². The summed E-state index contributed by atoms with van der Waals surface area (Å²) in [5.41, 5.74) is 1.91.